The Morgan fingerprint density at radius 1 is 0.659 bits per heavy atom. The molecule has 4 rings (SSSR count). The van der Waals surface area contributed by atoms with Crippen LogP contribution in [-0.2, 0) is 0 Å². The van der Waals surface area contributed by atoms with Crippen molar-refractivity contribution < 1.29 is 38.8 Å². The van der Waals surface area contributed by atoms with Gasteiger partial charge in [0.2, 0.25) is 0 Å². The summed E-state index contributed by atoms with van der Waals surface area (Å²) in [5.74, 6) is 3.98. The third kappa shape index (κ3) is 9.69. The highest BCUT2D eigenvalue weighted by Crippen LogP contribution is 2.26. The van der Waals surface area contributed by atoms with Gasteiger partial charge >= 0.3 is 17.9 Å². The molecule has 0 aliphatic heterocycles. The van der Waals surface area contributed by atoms with Crippen LogP contribution in [0.25, 0.3) is 0 Å². The zero-order chi connectivity index (χ0) is 31.3. The molecule has 2 N–H and O–H groups in total. The summed E-state index contributed by atoms with van der Waals surface area (Å²) < 4.78 is 17.3. The van der Waals surface area contributed by atoms with Gasteiger partial charge in [-0.25, -0.2) is 14.4 Å². The fraction of sp³-hybridized carbons (Fsp3) is 0.171. The van der Waals surface area contributed by atoms with E-state index < -0.39 is 17.9 Å². The second-order valence-corrected chi connectivity index (χ2v) is 10.8. The molecule has 0 heterocycles. The van der Waals surface area contributed by atoms with Crippen LogP contribution < -0.4 is 14.2 Å². The van der Waals surface area contributed by atoms with Gasteiger partial charge in [0.05, 0.1) is 17.7 Å². The Morgan fingerprint density at radius 2 is 1.20 bits per heavy atom. The Labute approximate surface area is 268 Å². The number of hydrogen-bond acceptors (Lipinski definition) is 7. The lowest BCUT2D eigenvalue weighted by molar-refractivity contribution is 0.0670. The maximum absolute atomic E-state index is 12.7. The highest BCUT2D eigenvalue weighted by atomic mass is 127. The number of hydrogen-bond donors (Lipinski definition) is 2. The van der Waals surface area contributed by atoms with Crippen LogP contribution in [0.2, 0.25) is 0 Å². The molecule has 0 fully saturated rings. The first-order valence-electron chi connectivity index (χ1n) is 13.9. The van der Waals surface area contributed by atoms with Crippen LogP contribution in [0, 0.1) is 15.4 Å². The fourth-order valence-corrected chi connectivity index (χ4v) is 4.32. The summed E-state index contributed by atoms with van der Waals surface area (Å²) in [6.45, 7) is 0.852. The average Bonchev–Trinajstić information content (AvgIpc) is 3.03. The van der Waals surface area contributed by atoms with Gasteiger partial charge in [0.15, 0.2) is 0 Å². The van der Waals surface area contributed by atoms with Crippen molar-refractivity contribution in [3.63, 3.8) is 0 Å². The number of carbonyl (C=O) groups is 3. The highest BCUT2D eigenvalue weighted by Gasteiger charge is 2.19. The lowest BCUT2D eigenvalue weighted by Crippen LogP contribution is -2.13. The monoisotopic (exact) mass is 704 g/mol. The summed E-state index contributed by atoms with van der Waals surface area (Å²) in [7, 11) is 0. The number of carbonyl (C=O) groups excluding carboxylic acids is 2. The first-order valence-corrected chi connectivity index (χ1v) is 14.9. The molecular weight excluding hydrogens is 675 g/mol. The molecule has 0 unspecified atom stereocenters. The van der Waals surface area contributed by atoms with Crippen LogP contribution in [-0.4, -0.2) is 41.3 Å². The number of rotatable bonds is 12. The lowest BCUT2D eigenvalue weighted by Gasteiger charge is -2.10. The van der Waals surface area contributed by atoms with Gasteiger partial charge in [-0.15, -0.1) is 0 Å². The number of benzene rings is 4. The minimum Gasteiger partial charge on any atom is -0.494 e. The van der Waals surface area contributed by atoms with Gasteiger partial charge in [0, 0.05) is 21.3 Å². The number of halogens is 1. The van der Waals surface area contributed by atoms with Crippen molar-refractivity contribution in [2.45, 2.75) is 25.7 Å². The molecule has 224 valence electrons. The molecule has 0 aliphatic carbocycles. The van der Waals surface area contributed by atoms with Gasteiger partial charge in [-0.05, 0) is 133 Å². The number of esters is 2. The van der Waals surface area contributed by atoms with E-state index in [0.29, 0.717) is 12.2 Å². The van der Waals surface area contributed by atoms with Crippen molar-refractivity contribution in [1.29, 1.82) is 0 Å². The van der Waals surface area contributed by atoms with Gasteiger partial charge in [0.1, 0.15) is 22.8 Å². The molecule has 0 spiro atoms. The summed E-state index contributed by atoms with van der Waals surface area (Å²) >= 11 is 2.10. The largest absolute Gasteiger partial charge is 0.494 e. The maximum Gasteiger partial charge on any atom is 0.343 e. The summed E-state index contributed by atoms with van der Waals surface area (Å²) in [6, 6.07) is 24.4. The maximum atomic E-state index is 12.7. The topological polar surface area (TPSA) is 119 Å². The summed E-state index contributed by atoms with van der Waals surface area (Å²) in [4.78, 5) is 37.0. The van der Waals surface area contributed by atoms with Crippen LogP contribution >= 0.6 is 22.6 Å². The smallest absolute Gasteiger partial charge is 0.343 e. The lowest BCUT2D eigenvalue weighted by atomic mass is 10.1. The highest BCUT2D eigenvalue weighted by molar-refractivity contribution is 14.1. The molecule has 0 aromatic heterocycles. The zero-order valence-electron chi connectivity index (χ0n) is 23.6. The molecule has 0 saturated heterocycles. The van der Waals surface area contributed by atoms with Crippen LogP contribution in [0.1, 0.15) is 67.9 Å². The zero-order valence-corrected chi connectivity index (χ0v) is 25.8. The minimum atomic E-state index is -1.34. The summed E-state index contributed by atoms with van der Waals surface area (Å²) in [5, 5.41) is 18.5. The van der Waals surface area contributed by atoms with Gasteiger partial charge in [0.25, 0.3) is 0 Å². The predicted octanol–water partition coefficient (Wildman–Crippen LogP) is 6.76. The molecule has 0 aliphatic rings. The van der Waals surface area contributed by atoms with Crippen molar-refractivity contribution in [3.8, 4) is 29.1 Å². The number of unbranched alkanes of at least 4 members (excludes halogenated alkanes) is 3. The van der Waals surface area contributed by atoms with Crippen molar-refractivity contribution in [1.82, 2.24) is 0 Å². The number of ether oxygens (including phenoxy) is 3. The second kappa shape index (κ2) is 16.3. The fourth-order valence-electron chi connectivity index (χ4n) is 3.97. The first kappa shape index (κ1) is 32.3. The van der Waals surface area contributed by atoms with E-state index >= 15 is 0 Å². The molecule has 0 amide bonds. The van der Waals surface area contributed by atoms with Gasteiger partial charge in [-0.2, -0.15) is 0 Å². The molecule has 0 radical (unpaired) electrons. The van der Waals surface area contributed by atoms with E-state index in [2.05, 4.69) is 34.4 Å². The molecule has 8 nitrogen and oxygen atoms in total. The summed E-state index contributed by atoms with van der Waals surface area (Å²) in [6.07, 6.45) is 3.77. The van der Waals surface area contributed by atoms with Crippen LogP contribution in [0.3, 0.4) is 0 Å². The van der Waals surface area contributed by atoms with E-state index in [1.54, 1.807) is 48.5 Å². The average molecular weight is 705 g/mol. The molecule has 44 heavy (non-hydrogen) atoms. The Balaban J connectivity index is 1.33. The van der Waals surface area contributed by atoms with Gasteiger partial charge < -0.3 is 24.4 Å². The van der Waals surface area contributed by atoms with E-state index in [9.17, 15) is 19.5 Å². The number of carboxylic acids is 1. The van der Waals surface area contributed by atoms with Crippen molar-refractivity contribution in [2.75, 3.05) is 13.2 Å². The minimum absolute atomic E-state index is 0.0144. The Bertz CT molecular complexity index is 1650. The normalized spacial score (nSPS) is 10.3. The number of aliphatic hydroxyl groups excluding tert-OH is 1. The van der Waals surface area contributed by atoms with Gasteiger partial charge in [-0.3, -0.25) is 0 Å². The Kier molecular flexibility index (Phi) is 11.9. The molecule has 9 heteroatoms. The van der Waals surface area contributed by atoms with E-state index in [1.807, 2.05) is 24.3 Å². The van der Waals surface area contributed by atoms with Crippen LogP contribution in [0.5, 0.6) is 17.2 Å². The van der Waals surface area contributed by atoms with E-state index in [-0.39, 0.29) is 34.8 Å². The molecule has 0 atom stereocenters. The van der Waals surface area contributed by atoms with E-state index in [0.717, 1.165) is 46.6 Å². The van der Waals surface area contributed by atoms with Crippen molar-refractivity contribution >= 4 is 40.5 Å². The molecular formula is C35H29IO8. The third-order valence-electron chi connectivity index (χ3n) is 6.32. The summed E-state index contributed by atoms with van der Waals surface area (Å²) in [5.41, 5.74) is 1.70. The SMILES string of the molecule is O=C(Oc1ccc(OC(=O)c2ccc(I)cc2)c(C(=O)O)c1)c1ccc(C#Cc2ccc(OCCCCCCO)cc2)cc1. The quantitative estimate of drug-likeness (QED) is 0.0546. The first-order chi connectivity index (χ1) is 21.3. The molecule has 0 saturated carbocycles. The van der Waals surface area contributed by atoms with Crippen molar-refractivity contribution in [3.05, 3.63) is 122 Å². The predicted molar refractivity (Wildman–Crippen MR) is 172 cm³/mol. The van der Waals surface area contributed by atoms with Crippen molar-refractivity contribution in [2.24, 2.45) is 0 Å². The second-order valence-electron chi connectivity index (χ2n) is 9.59. The van der Waals surface area contributed by atoms with Gasteiger partial charge in [-0.1, -0.05) is 18.3 Å². The van der Waals surface area contributed by atoms with Crippen LogP contribution in [0.4, 0.5) is 0 Å². The standard InChI is InChI=1S/C35H29IO8/c36-28-15-13-27(14-16-28)35(41)44-32-20-19-30(23-31(32)33(38)39)43-34(40)26-11-7-24(8-12-26)5-6-25-9-17-29(18-10-25)42-22-4-2-1-3-21-37/h7-20,23,37H,1-4,21-22H2,(H,38,39). The van der Waals surface area contributed by atoms with E-state index in [1.165, 1.54) is 12.1 Å². The number of aromatic carboxylic acids is 1. The Hall–Kier alpha value is -4.66. The van der Waals surface area contributed by atoms with Crippen LogP contribution in [0.15, 0.2) is 91.0 Å². The number of aliphatic hydroxyl groups is 1. The third-order valence-corrected chi connectivity index (χ3v) is 7.04. The molecule has 4 aromatic carbocycles. The Morgan fingerprint density at radius 3 is 1.82 bits per heavy atom. The molecule has 0 bridgehead atoms. The van der Waals surface area contributed by atoms with E-state index in [4.69, 9.17) is 19.3 Å². The molecule has 4 aromatic rings. The number of carboxylic acid groups (broad SMARTS) is 1.